The number of hydrogen-bond donors (Lipinski definition) is 3. The van der Waals surface area contributed by atoms with Crippen molar-refractivity contribution in [3.8, 4) is 0 Å². The first-order valence-corrected chi connectivity index (χ1v) is 10.8. The third-order valence-electron chi connectivity index (χ3n) is 4.88. The fourth-order valence-corrected chi connectivity index (χ4v) is 3.15. The van der Waals surface area contributed by atoms with Crippen molar-refractivity contribution in [3.63, 3.8) is 0 Å². The Morgan fingerprint density at radius 1 is 1.16 bits per heavy atom. The monoisotopic (exact) mass is 432 g/mol. The molecule has 1 aliphatic heterocycles. The van der Waals surface area contributed by atoms with Crippen LogP contribution in [-0.4, -0.2) is 67.4 Å². The highest BCUT2D eigenvalue weighted by Crippen LogP contribution is 2.13. The highest BCUT2D eigenvalue weighted by molar-refractivity contribution is 5.96. The maximum absolute atomic E-state index is 12.5. The van der Waals surface area contributed by atoms with Gasteiger partial charge in [-0.1, -0.05) is 20.3 Å². The second-order valence-electron chi connectivity index (χ2n) is 7.44. The highest BCUT2D eigenvalue weighted by atomic mass is 16.5. The van der Waals surface area contributed by atoms with Crippen LogP contribution in [-0.2, 0) is 19.1 Å². The number of anilines is 1. The van der Waals surface area contributed by atoms with E-state index in [1.807, 2.05) is 13.8 Å². The normalized spacial score (nSPS) is 16.3. The van der Waals surface area contributed by atoms with Crippen molar-refractivity contribution in [2.45, 2.75) is 45.6 Å². The van der Waals surface area contributed by atoms with Gasteiger partial charge in [0.05, 0.1) is 19.6 Å². The quantitative estimate of drug-likeness (QED) is 0.358. The van der Waals surface area contributed by atoms with Crippen LogP contribution in [0.15, 0.2) is 24.3 Å². The Bertz CT molecular complexity index is 766. The van der Waals surface area contributed by atoms with Gasteiger partial charge in [0.1, 0.15) is 6.04 Å². The Hall–Kier alpha value is -2.94. The van der Waals surface area contributed by atoms with Crippen LogP contribution in [0, 0.1) is 0 Å². The molecule has 9 nitrogen and oxygen atoms in total. The van der Waals surface area contributed by atoms with E-state index in [-0.39, 0.29) is 30.7 Å². The molecule has 3 N–H and O–H groups in total. The van der Waals surface area contributed by atoms with Crippen molar-refractivity contribution in [1.82, 2.24) is 15.5 Å². The van der Waals surface area contributed by atoms with Gasteiger partial charge in [-0.15, -0.1) is 0 Å². The van der Waals surface area contributed by atoms with Crippen LogP contribution in [0.1, 0.15) is 49.9 Å². The van der Waals surface area contributed by atoms with Crippen LogP contribution in [0.4, 0.5) is 5.69 Å². The van der Waals surface area contributed by atoms with Crippen LogP contribution >= 0.6 is 0 Å². The Morgan fingerprint density at radius 2 is 1.90 bits per heavy atom. The van der Waals surface area contributed by atoms with E-state index in [4.69, 9.17) is 4.74 Å². The standard InChI is InChI=1S/C22H32N4O5/c1-3-5-13-31-20(28)14-18-22(30)24-11-12-26(18)15-19(27)25-17-8-6-16(7-9-17)21(29)23-10-4-2/h6-9,18H,3-5,10-15H2,1-2H3,(H,23,29)(H,24,30)(H,25,27). The third kappa shape index (κ3) is 8.01. The van der Waals surface area contributed by atoms with Crippen molar-refractivity contribution < 1.29 is 23.9 Å². The number of ether oxygens (including phenoxy) is 1. The summed E-state index contributed by atoms with van der Waals surface area (Å²) >= 11 is 0. The summed E-state index contributed by atoms with van der Waals surface area (Å²) in [5.74, 6) is -1.19. The number of nitrogens with zero attached hydrogens (tertiary/aromatic N) is 1. The van der Waals surface area contributed by atoms with Crippen molar-refractivity contribution in [2.75, 3.05) is 38.1 Å². The molecule has 170 valence electrons. The number of piperazine rings is 1. The maximum atomic E-state index is 12.5. The summed E-state index contributed by atoms with van der Waals surface area (Å²) < 4.78 is 5.16. The van der Waals surface area contributed by atoms with Crippen LogP contribution < -0.4 is 16.0 Å². The lowest BCUT2D eigenvalue weighted by Gasteiger charge is -2.33. The van der Waals surface area contributed by atoms with Gasteiger partial charge < -0.3 is 20.7 Å². The molecule has 1 aromatic rings. The zero-order chi connectivity index (χ0) is 22.6. The zero-order valence-corrected chi connectivity index (χ0v) is 18.2. The average Bonchev–Trinajstić information content (AvgIpc) is 2.75. The van der Waals surface area contributed by atoms with Crippen molar-refractivity contribution in [3.05, 3.63) is 29.8 Å². The fourth-order valence-electron chi connectivity index (χ4n) is 3.15. The zero-order valence-electron chi connectivity index (χ0n) is 18.2. The molecule has 1 saturated heterocycles. The Labute approximate surface area is 182 Å². The van der Waals surface area contributed by atoms with Gasteiger partial charge >= 0.3 is 5.97 Å². The number of amides is 3. The molecule has 1 unspecified atom stereocenters. The minimum atomic E-state index is -0.738. The smallest absolute Gasteiger partial charge is 0.307 e. The number of unbranched alkanes of at least 4 members (excludes halogenated alkanes) is 1. The van der Waals surface area contributed by atoms with Gasteiger partial charge in [-0.2, -0.15) is 0 Å². The van der Waals surface area contributed by atoms with E-state index in [1.54, 1.807) is 29.2 Å². The molecule has 0 aliphatic carbocycles. The van der Waals surface area contributed by atoms with Crippen LogP contribution in [0.3, 0.4) is 0 Å². The molecule has 9 heteroatoms. The topological polar surface area (TPSA) is 117 Å². The molecule has 0 spiro atoms. The molecule has 0 saturated carbocycles. The lowest BCUT2D eigenvalue weighted by Crippen LogP contribution is -2.57. The van der Waals surface area contributed by atoms with Gasteiger partial charge in [0.25, 0.3) is 5.91 Å². The number of hydrogen-bond acceptors (Lipinski definition) is 6. The lowest BCUT2D eigenvalue weighted by atomic mass is 10.1. The maximum Gasteiger partial charge on any atom is 0.307 e. The molecule has 2 rings (SSSR count). The molecule has 0 aromatic heterocycles. The van der Waals surface area contributed by atoms with Crippen molar-refractivity contribution >= 4 is 29.4 Å². The summed E-state index contributed by atoms with van der Waals surface area (Å²) in [6.45, 7) is 5.75. The summed E-state index contributed by atoms with van der Waals surface area (Å²) in [4.78, 5) is 50.4. The van der Waals surface area contributed by atoms with E-state index in [1.165, 1.54) is 0 Å². The molecule has 3 amide bonds. The van der Waals surface area contributed by atoms with Gasteiger partial charge in [0.2, 0.25) is 11.8 Å². The van der Waals surface area contributed by atoms with Gasteiger partial charge in [-0.05, 0) is 37.1 Å². The number of benzene rings is 1. The molecule has 0 radical (unpaired) electrons. The lowest BCUT2D eigenvalue weighted by molar-refractivity contribution is -0.149. The van der Waals surface area contributed by atoms with E-state index in [0.29, 0.717) is 37.5 Å². The largest absolute Gasteiger partial charge is 0.466 e. The number of carbonyl (C=O) groups excluding carboxylic acids is 4. The van der Waals surface area contributed by atoms with Crippen LogP contribution in [0.25, 0.3) is 0 Å². The molecule has 1 aliphatic rings. The molecule has 1 fully saturated rings. The molecule has 0 bridgehead atoms. The highest BCUT2D eigenvalue weighted by Gasteiger charge is 2.33. The summed E-state index contributed by atoms with van der Waals surface area (Å²) in [7, 11) is 0. The van der Waals surface area contributed by atoms with Gasteiger partial charge in [-0.25, -0.2) is 0 Å². The third-order valence-corrected chi connectivity index (χ3v) is 4.88. The SMILES string of the molecule is CCCCOC(=O)CC1C(=O)NCCN1CC(=O)Nc1ccc(C(=O)NCCC)cc1. The van der Waals surface area contributed by atoms with Crippen LogP contribution in [0.5, 0.6) is 0 Å². The van der Waals surface area contributed by atoms with E-state index in [0.717, 1.165) is 19.3 Å². The fraction of sp³-hybridized carbons (Fsp3) is 0.545. The minimum Gasteiger partial charge on any atom is -0.466 e. The van der Waals surface area contributed by atoms with E-state index in [9.17, 15) is 19.2 Å². The van der Waals surface area contributed by atoms with Crippen molar-refractivity contribution in [1.29, 1.82) is 0 Å². The second kappa shape index (κ2) is 12.7. The van der Waals surface area contributed by atoms with E-state index >= 15 is 0 Å². The first-order valence-electron chi connectivity index (χ1n) is 10.8. The molecule has 1 atom stereocenters. The Morgan fingerprint density at radius 3 is 2.58 bits per heavy atom. The number of carbonyl (C=O) groups is 4. The summed E-state index contributed by atoms with van der Waals surface area (Å²) in [5.41, 5.74) is 1.06. The summed E-state index contributed by atoms with van der Waals surface area (Å²) in [6, 6.07) is 5.86. The van der Waals surface area contributed by atoms with E-state index in [2.05, 4.69) is 16.0 Å². The molecular weight excluding hydrogens is 400 g/mol. The number of nitrogens with one attached hydrogen (secondary N) is 3. The summed E-state index contributed by atoms with van der Waals surface area (Å²) in [5, 5.41) is 8.29. The number of esters is 1. The molecule has 1 heterocycles. The molecular formula is C22H32N4O5. The number of rotatable bonds is 11. The Kier molecular flexibility index (Phi) is 9.96. The van der Waals surface area contributed by atoms with Gasteiger partial charge in [0.15, 0.2) is 0 Å². The predicted molar refractivity (Wildman–Crippen MR) is 117 cm³/mol. The molecule has 1 aromatic carbocycles. The summed E-state index contributed by atoms with van der Waals surface area (Å²) in [6.07, 6.45) is 2.44. The first-order chi connectivity index (χ1) is 14.9. The second-order valence-corrected chi connectivity index (χ2v) is 7.44. The van der Waals surface area contributed by atoms with Crippen molar-refractivity contribution in [2.24, 2.45) is 0 Å². The van der Waals surface area contributed by atoms with Crippen LogP contribution in [0.2, 0.25) is 0 Å². The minimum absolute atomic E-state index is 0.0287. The Balaban J connectivity index is 1.90. The molecule has 31 heavy (non-hydrogen) atoms. The average molecular weight is 433 g/mol. The first kappa shape index (κ1) is 24.3. The van der Waals surface area contributed by atoms with Gasteiger partial charge in [0, 0.05) is 30.9 Å². The van der Waals surface area contributed by atoms with Gasteiger partial charge in [-0.3, -0.25) is 24.1 Å². The predicted octanol–water partition coefficient (Wildman–Crippen LogP) is 1.30. The van der Waals surface area contributed by atoms with E-state index < -0.39 is 12.0 Å².